The molecule has 0 saturated heterocycles. The number of nitrogens with zero attached hydrogens (tertiary/aromatic N) is 2. The van der Waals surface area contributed by atoms with E-state index in [9.17, 15) is 13.0 Å². The fourth-order valence-electron chi connectivity index (χ4n) is 1.85. The Morgan fingerprint density at radius 3 is 1.65 bits per heavy atom. The lowest BCUT2D eigenvalue weighted by Gasteiger charge is -2.24. The van der Waals surface area contributed by atoms with Crippen molar-refractivity contribution in [2.24, 2.45) is 4.99 Å². The van der Waals surface area contributed by atoms with Gasteiger partial charge in [-0.3, -0.25) is 14.4 Å². The van der Waals surface area contributed by atoms with E-state index in [0.717, 1.165) is 0 Å². The largest absolute Gasteiger partial charge is 0.328 e. The number of hydrogen-bond acceptors (Lipinski definition) is 3. The van der Waals surface area contributed by atoms with Crippen molar-refractivity contribution in [2.45, 2.75) is 0 Å². The Morgan fingerprint density at radius 1 is 0.950 bits per heavy atom. The van der Waals surface area contributed by atoms with Crippen LogP contribution in [-0.4, -0.2) is 25.2 Å². The number of hydrogen-bond donors (Lipinski definition) is 1. The SMILES string of the molecule is CN=C(N(c1ccccc1)c1ccccc1)S(=O)(=O)O. The second kappa shape index (κ2) is 5.85. The van der Waals surface area contributed by atoms with Crippen molar-refractivity contribution in [3.05, 3.63) is 60.7 Å². The Kier molecular flexibility index (Phi) is 4.16. The highest BCUT2D eigenvalue weighted by atomic mass is 32.2. The second-order valence-electron chi connectivity index (χ2n) is 3.99. The van der Waals surface area contributed by atoms with E-state index in [0.29, 0.717) is 11.4 Å². The van der Waals surface area contributed by atoms with Crippen molar-refractivity contribution in [2.75, 3.05) is 11.9 Å². The van der Waals surface area contributed by atoms with Crippen LogP contribution in [0.25, 0.3) is 0 Å². The van der Waals surface area contributed by atoms with Gasteiger partial charge in [0.25, 0.3) is 5.17 Å². The first-order valence-electron chi connectivity index (χ1n) is 5.88. The molecule has 20 heavy (non-hydrogen) atoms. The maximum Gasteiger partial charge on any atom is 0.328 e. The molecule has 0 heterocycles. The molecule has 0 amide bonds. The fourth-order valence-corrected chi connectivity index (χ4v) is 2.53. The molecule has 6 heteroatoms. The molecule has 0 aromatic heterocycles. The third-order valence-corrected chi connectivity index (χ3v) is 3.47. The van der Waals surface area contributed by atoms with Crippen LogP contribution in [0.15, 0.2) is 65.7 Å². The molecule has 0 bridgehead atoms. The van der Waals surface area contributed by atoms with E-state index >= 15 is 0 Å². The van der Waals surface area contributed by atoms with E-state index in [1.165, 1.54) is 11.9 Å². The highest BCUT2D eigenvalue weighted by molar-refractivity contribution is 8.01. The molecule has 0 atom stereocenters. The number of para-hydroxylation sites is 2. The predicted molar refractivity (Wildman–Crippen MR) is 79.9 cm³/mol. The summed E-state index contributed by atoms with van der Waals surface area (Å²) in [6.07, 6.45) is 0. The molecule has 0 fully saturated rings. The Balaban J connectivity index is 2.63. The summed E-state index contributed by atoms with van der Waals surface area (Å²) in [5, 5.41) is -0.421. The van der Waals surface area contributed by atoms with Gasteiger partial charge >= 0.3 is 10.1 Å². The zero-order valence-electron chi connectivity index (χ0n) is 10.8. The number of rotatable bonds is 2. The van der Waals surface area contributed by atoms with Crippen LogP contribution in [0.4, 0.5) is 11.4 Å². The number of benzene rings is 2. The quantitative estimate of drug-likeness (QED) is 0.524. The average Bonchev–Trinajstić information content (AvgIpc) is 2.45. The van der Waals surface area contributed by atoms with Crippen molar-refractivity contribution in [1.82, 2.24) is 0 Å². The lowest BCUT2D eigenvalue weighted by molar-refractivity contribution is 0.497. The van der Waals surface area contributed by atoms with Crippen LogP contribution >= 0.6 is 0 Å². The van der Waals surface area contributed by atoms with Gasteiger partial charge in [-0.1, -0.05) is 36.4 Å². The molecule has 0 aliphatic carbocycles. The molecule has 2 aromatic carbocycles. The third kappa shape index (κ3) is 3.04. The molecule has 104 valence electrons. The summed E-state index contributed by atoms with van der Waals surface area (Å²) in [4.78, 5) is 5.10. The van der Waals surface area contributed by atoms with E-state index in [1.807, 2.05) is 12.1 Å². The molecular formula is C14H14N2O3S. The highest BCUT2D eigenvalue weighted by Gasteiger charge is 2.25. The predicted octanol–water partition coefficient (Wildman–Crippen LogP) is 2.70. The summed E-state index contributed by atoms with van der Waals surface area (Å²) >= 11 is 0. The molecule has 5 nitrogen and oxygen atoms in total. The maximum absolute atomic E-state index is 11.5. The lowest BCUT2D eigenvalue weighted by atomic mass is 10.2. The van der Waals surface area contributed by atoms with Gasteiger partial charge in [0.1, 0.15) is 0 Å². The van der Waals surface area contributed by atoms with Crippen molar-refractivity contribution in [3.63, 3.8) is 0 Å². The van der Waals surface area contributed by atoms with E-state index in [-0.39, 0.29) is 0 Å². The minimum Gasteiger partial charge on any atom is -0.284 e. The van der Waals surface area contributed by atoms with Crippen LogP contribution in [0.2, 0.25) is 0 Å². The molecule has 1 N–H and O–H groups in total. The van der Waals surface area contributed by atoms with E-state index in [1.54, 1.807) is 48.5 Å². The van der Waals surface area contributed by atoms with Crippen LogP contribution in [0.3, 0.4) is 0 Å². The Morgan fingerprint density at radius 2 is 1.35 bits per heavy atom. The Bertz CT molecular complexity index is 658. The molecule has 0 aliphatic rings. The Labute approximate surface area is 118 Å². The molecule has 0 aliphatic heterocycles. The van der Waals surface area contributed by atoms with Crippen molar-refractivity contribution in [1.29, 1.82) is 0 Å². The van der Waals surface area contributed by atoms with Gasteiger partial charge in [-0.05, 0) is 24.3 Å². The summed E-state index contributed by atoms with van der Waals surface area (Å²) in [6, 6.07) is 17.7. The van der Waals surface area contributed by atoms with Gasteiger partial charge in [0.05, 0.1) is 0 Å². The van der Waals surface area contributed by atoms with Crippen molar-refractivity contribution in [3.8, 4) is 0 Å². The van der Waals surface area contributed by atoms with Crippen molar-refractivity contribution < 1.29 is 13.0 Å². The smallest absolute Gasteiger partial charge is 0.284 e. The van der Waals surface area contributed by atoms with Gasteiger partial charge in [0, 0.05) is 18.4 Å². The van der Waals surface area contributed by atoms with Crippen LogP contribution in [0.5, 0.6) is 0 Å². The molecule has 2 aromatic rings. The summed E-state index contributed by atoms with van der Waals surface area (Å²) in [7, 11) is -3.11. The van der Waals surface area contributed by atoms with Gasteiger partial charge in [-0.15, -0.1) is 0 Å². The van der Waals surface area contributed by atoms with Crippen LogP contribution in [0, 0.1) is 0 Å². The highest BCUT2D eigenvalue weighted by Crippen LogP contribution is 2.26. The minimum absolute atomic E-state index is 0.421. The van der Waals surface area contributed by atoms with E-state index < -0.39 is 15.3 Å². The van der Waals surface area contributed by atoms with E-state index in [2.05, 4.69) is 4.99 Å². The number of amidine groups is 1. The monoisotopic (exact) mass is 290 g/mol. The minimum atomic E-state index is -4.43. The first-order chi connectivity index (χ1) is 9.54. The van der Waals surface area contributed by atoms with Gasteiger partial charge in [0.2, 0.25) is 0 Å². The first kappa shape index (κ1) is 14.2. The summed E-state index contributed by atoms with van der Waals surface area (Å²) < 4.78 is 32.4. The van der Waals surface area contributed by atoms with E-state index in [4.69, 9.17) is 0 Å². The van der Waals surface area contributed by atoms with Gasteiger partial charge in [0.15, 0.2) is 0 Å². The second-order valence-corrected chi connectivity index (χ2v) is 5.30. The molecule has 0 spiro atoms. The van der Waals surface area contributed by atoms with Crippen molar-refractivity contribution >= 4 is 26.7 Å². The molecule has 0 radical (unpaired) electrons. The third-order valence-electron chi connectivity index (χ3n) is 2.64. The van der Waals surface area contributed by atoms with Gasteiger partial charge < -0.3 is 0 Å². The molecule has 0 saturated carbocycles. The standard InChI is InChI=1S/C14H14N2O3S/c1-15-14(20(17,18)19)16(12-8-4-2-5-9-12)13-10-6-3-7-11-13/h2-11H,1H3,(H,17,18,19). The Hall–Kier alpha value is -2.18. The summed E-state index contributed by atoms with van der Waals surface area (Å²) in [6.45, 7) is 0. The zero-order valence-corrected chi connectivity index (χ0v) is 11.7. The first-order valence-corrected chi connectivity index (χ1v) is 7.32. The number of anilines is 2. The summed E-state index contributed by atoms with van der Waals surface area (Å²) in [5.41, 5.74) is 1.19. The summed E-state index contributed by atoms with van der Waals surface area (Å²) in [5.74, 6) is 0. The lowest BCUT2D eigenvalue weighted by Crippen LogP contribution is -2.32. The fraction of sp³-hybridized carbons (Fsp3) is 0.0714. The van der Waals surface area contributed by atoms with Gasteiger partial charge in [-0.2, -0.15) is 8.42 Å². The van der Waals surface area contributed by atoms with Crippen LogP contribution < -0.4 is 4.90 Å². The topological polar surface area (TPSA) is 70.0 Å². The maximum atomic E-state index is 11.5. The van der Waals surface area contributed by atoms with Crippen LogP contribution in [-0.2, 0) is 10.1 Å². The van der Waals surface area contributed by atoms with Gasteiger partial charge in [-0.25, -0.2) is 0 Å². The average molecular weight is 290 g/mol. The molecule has 0 unspecified atom stereocenters. The normalized spacial score (nSPS) is 12.2. The molecule has 2 rings (SSSR count). The number of aliphatic imine (C=N–C) groups is 1. The van der Waals surface area contributed by atoms with Crippen LogP contribution in [0.1, 0.15) is 0 Å². The molecular weight excluding hydrogens is 276 g/mol. The zero-order chi connectivity index (χ0) is 14.6.